The van der Waals surface area contributed by atoms with Gasteiger partial charge in [0.1, 0.15) is 0 Å². The molecule has 2 heteroatoms. The molecule has 2 aliphatic rings. The quantitative estimate of drug-likeness (QED) is 0.750. The summed E-state index contributed by atoms with van der Waals surface area (Å²) < 4.78 is 0. The SMILES string of the molecule is C[C@@H](NCC1(O)CCCCCC1)C1CCCCC1. The fraction of sp³-hybridized carbons (Fsp3) is 1.00. The molecule has 0 amide bonds. The minimum absolute atomic E-state index is 0.417. The van der Waals surface area contributed by atoms with Gasteiger partial charge in [-0.3, -0.25) is 0 Å². The molecule has 0 aromatic carbocycles. The van der Waals surface area contributed by atoms with Crippen molar-refractivity contribution in [3.05, 3.63) is 0 Å². The first-order valence-electron chi connectivity index (χ1n) is 8.15. The Labute approximate surface area is 113 Å². The first kappa shape index (κ1) is 14.3. The lowest BCUT2D eigenvalue weighted by molar-refractivity contribution is 0.0207. The maximum Gasteiger partial charge on any atom is 0.0771 e. The van der Waals surface area contributed by atoms with Crippen LogP contribution in [-0.2, 0) is 0 Å². The normalized spacial score (nSPS) is 27.7. The summed E-state index contributed by atoms with van der Waals surface area (Å²) >= 11 is 0. The molecule has 0 heterocycles. The summed E-state index contributed by atoms with van der Waals surface area (Å²) in [4.78, 5) is 0. The third-order valence-electron chi connectivity index (χ3n) is 5.14. The van der Waals surface area contributed by atoms with Gasteiger partial charge in [-0.15, -0.1) is 0 Å². The highest BCUT2D eigenvalue weighted by atomic mass is 16.3. The van der Waals surface area contributed by atoms with E-state index in [4.69, 9.17) is 0 Å². The first-order chi connectivity index (χ1) is 8.70. The summed E-state index contributed by atoms with van der Waals surface area (Å²) in [5.41, 5.74) is -0.417. The summed E-state index contributed by atoms with van der Waals surface area (Å²) in [5, 5.41) is 14.3. The Balaban J connectivity index is 1.74. The zero-order valence-electron chi connectivity index (χ0n) is 12.1. The van der Waals surface area contributed by atoms with Crippen molar-refractivity contribution in [2.24, 2.45) is 5.92 Å². The Kier molecular flexibility index (Phi) is 5.50. The molecular weight excluding hydrogens is 222 g/mol. The summed E-state index contributed by atoms with van der Waals surface area (Å²) in [6.45, 7) is 3.13. The van der Waals surface area contributed by atoms with Crippen LogP contribution >= 0.6 is 0 Å². The molecule has 18 heavy (non-hydrogen) atoms. The molecule has 106 valence electrons. The van der Waals surface area contributed by atoms with Crippen LogP contribution in [0.5, 0.6) is 0 Å². The third kappa shape index (κ3) is 4.24. The number of hydrogen-bond acceptors (Lipinski definition) is 2. The summed E-state index contributed by atoms with van der Waals surface area (Å²) in [6.07, 6.45) is 14.0. The van der Waals surface area contributed by atoms with Crippen LogP contribution in [0.15, 0.2) is 0 Å². The Morgan fingerprint density at radius 2 is 1.56 bits per heavy atom. The van der Waals surface area contributed by atoms with E-state index in [9.17, 15) is 5.11 Å². The minimum atomic E-state index is -0.417. The maximum atomic E-state index is 10.6. The average molecular weight is 253 g/mol. The molecule has 0 aromatic heterocycles. The number of hydrogen-bond donors (Lipinski definition) is 2. The Morgan fingerprint density at radius 3 is 2.17 bits per heavy atom. The third-order valence-corrected chi connectivity index (χ3v) is 5.14. The molecule has 0 saturated heterocycles. The van der Waals surface area contributed by atoms with Crippen LogP contribution in [0.1, 0.15) is 77.6 Å². The van der Waals surface area contributed by atoms with Crippen molar-refractivity contribution in [3.8, 4) is 0 Å². The van der Waals surface area contributed by atoms with Gasteiger partial charge < -0.3 is 10.4 Å². The van der Waals surface area contributed by atoms with Gasteiger partial charge in [0.2, 0.25) is 0 Å². The predicted octanol–water partition coefficient (Wildman–Crippen LogP) is 3.63. The van der Waals surface area contributed by atoms with Crippen molar-refractivity contribution in [2.45, 2.75) is 89.2 Å². The van der Waals surface area contributed by atoms with Gasteiger partial charge in [-0.05, 0) is 38.5 Å². The van der Waals surface area contributed by atoms with Crippen LogP contribution in [0.4, 0.5) is 0 Å². The molecule has 2 N–H and O–H groups in total. The molecule has 2 nitrogen and oxygen atoms in total. The first-order valence-corrected chi connectivity index (χ1v) is 8.15. The molecule has 1 atom stereocenters. The van der Waals surface area contributed by atoms with E-state index in [1.807, 2.05) is 0 Å². The van der Waals surface area contributed by atoms with Gasteiger partial charge >= 0.3 is 0 Å². The zero-order valence-corrected chi connectivity index (χ0v) is 12.1. The molecule has 2 aliphatic carbocycles. The fourth-order valence-corrected chi connectivity index (χ4v) is 3.72. The second-order valence-corrected chi connectivity index (χ2v) is 6.71. The van der Waals surface area contributed by atoms with Crippen molar-refractivity contribution in [2.75, 3.05) is 6.54 Å². The Morgan fingerprint density at radius 1 is 1.00 bits per heavy atom. The highest BCUT2D eigenvalue weighted by Gasteiger charge is 2.29. The van der Waals surface area contributed by atoms with E-state index in [0.717, 1.165) is 25.3 Å². The topological polar surface area (TPSA) is 32.3 Å². The van der Waals surface area contributed by atoms with Crippen LogP contribution in [0.2, 0.25) is 0 Å². The summed E-state index contributed by atoms with van der Waals surface area (Å²) in [6, 6.07) is 0.581. The second kappa shape index (κ2) is 6.91. The lowest BCUT2D eigenvalue weighted by Gasteiger charge is -2.33. The minimum Gasteiger partial charge on any atom is -0.389 e. The predicted molar refractivity (Wildman–Crippen MR) is 76.7 cm³/mol. The lowest BCUT2D eigenvalue weighted by Crippen LogP contribution is -2.46. The van der Waals surface area contributed by atoms with Crippen molar-refractivity contribution in [3.63, 3.8) is 0 Å². The Bertz CT molecular complexity index is 227. The van der Waals surface area contributed by atoms with E-state index in [1.54, 1.807) is 0 Å². The molecule has 0 radical (unpaired) electrons. The number of nitrogens with one attached hydrogen (secondary N) is 1. The Hall–Kier alpha value is -0.0800. The van der Waals surface area contributed by atoms with Crippen LogP contribution < -0.4 is 5.32 Å². The number of rotatable bonds is 4. The van der Waals surface area contributed by atoms with Gasteiger partial charge in [0.25, 0.3) is 0 Å². The van der Waals surface area contributed by atoms with E-state index in [2.05, 4.69) is 12.2 Å². The molecule has 0 bridgehead atoms. The van der Waals surface area contributed by atoms with E-state index >= 15 is 0 Å². The van der Waals surface area contributed by atoms with Gasteiger partial charge in [-0.1, -0.05) is 44.9 Å². The van der Waals surface area contributed by atoms with E-state index in [0.29, 0.717) is 6.04 Å². The standard InChI is InChI=1S/C16H31NO/c1-14(15-9-5-4-6-10-15)17-13-16(18)11-7-2-3-8-12-16/h14-15,17-18H,2-13H2,1H3/t14-/m1/s1. The van der Waals surface area contributed by atoms with Crippen LogP contribution in [0, 0.1) is 5.92 Å². The smallest absolute Gasteiger partial charge is 0.0771 e. The highest BCUT2D eigenvalue weighted by molar-refractivity contribution is 4.86. The van der Waals surface area contributed by atoms with Gasteiger partial charge in [0, 0.05) is 12.6 Å². The molecule has 2 rings (SSSR count). The van der Waals surface area contributed by atoms with Crippen LogP contribution in [0.3, 0.4) is 0 Å². The van der Waals surface area contributed by atoms with Crippen molar-refractivity contribution in [1.82, 2.24) is 5.32 Å². The zero-order chi connectivity index (χ0) is 12.8. The molecule has 2 saturated carbocycles. The van der Waals surface area contributed by atoms with Crippen molar-refractivity contribution < 1.29 is 5.11 Å². The van der Waals surface area contributed by atoms with E-state index < -0.39 is 5.60 Å². The second-order valence-electron chi connectivity index (χ2n) is 6.71. The molecule has 0 aliphatic heterocycles. The van der Waals surface area contributed by atoms with Crippen LogP contribution in [-0.4, -0.2) is 23.3 Å². The van der Waals surface area contributed by atoms with Gasteiger partial charge in [-0.2, -0.15) is 0 Å². The van der Waals surface area contributed by atoms with E-state index in [1.165, 1.54) is 57.8 Å². The fourth-order valence-electron chi connectivity index (χ4n) is 3.72. The van der Waals surface area contributed by atoms with Gasteiger partial charge in [-0.25, -0.2) is 0 Å². The molecular formula is C16H31NO. The van der Waals surface area contributed by atoms with Gasteiger partial charge in [0.05, 0.1) is 5.60 Å². The lowest BCUT2D eigenvalue weighted by atomic mass is 9.84. The number of aliphatic hydroxyl groups is 1. The maximum absolute atomic E-state index is 10.6. The molecule has 0 unspecified atom stereocenters. The summed E-state index contributed by atoms with van der Waals surface area (Å²) in [7, 11) is 0. The largest absolute Gasteiger partial charge is 0.389 e. The summed E-state index contributed by atoms with van der Waals surface area (Å²) in [5.74, 6) is 0.841. The molecule has 0 spiro atoms. The van der Waals surface area contributed by atoms with Crippen molar-refractivity contribution in [1.29, 1.82) is 0 Å². The van der Waals surface area contributed by atoms with Gasteiger partial charge in [0.15, 0.2) is 0 Å². The average Bonchev–Trinajstić information content (AvgIpc) is 2.62. The molecule has 2 fully saturated rings. The highest BCUT2D eigenvalue weighted by Crippen LogP contribution is 2.29. The monoisotopic (exact) mass is 253 g/mol. The van der Waals surface area contributed by atoms with Crippen molar-refractivity contribution >= 4 is 0 Å². The van der Waals surface area contributed by atoms with Crippen LogP contribution in [0.25, 0.3) is 0 Å². The van der Waals surface area contributed by atoms with E-state index in [-0.39, 0.29) is 0 Å². The molecule has 0 aromatic rings.